The second-order valence-corrected chi connectivity index (χ2v) is 7.33. The first kappa shape index (κ1) is 18.1. The number of halogens is 3. The van der Waals surface area contributed by atoms with Gasteiger partial charge in [-0.15, -0.1) is 0 Å². The molecular formula is C16H20BrF2NO3. The maximum Gasteiger partial charge on any atom is 0.410 e. The molecule has 0 bridgehead atoms. The molecule has 1 heterocycles. The van der Waals surface area contributed by atoms with E-state index in [4.69, 9.17) is 9.47 Å². The minimum absolute atomic E-state index is 0.0491. The lowest BCUT2D eigenvalue weighted by Crippen LogP contribution is -2.52. The van der Waals surface area contributed by atoms with Gasteiger partial charge in [0.2, 0.25) is 0 Å². The maximum absolute atomic E-state index is 14.7. The minimum atomic E-state index is -3.20. The van der Waals surface area contributed by atoms with Crippen molar-refractivity contribution in [2.45, 2.75) is 38.4 Å². The van der Waals surface area contributed by atoms with Crippen LogP contribution in [-0.4, -0.2) is 42.4 Å². The Bertz CT molecular complexity index is 575. The average Bonchev–Trinajstić information content (AvgIpc) is 2.45. The zero-order valence-corrected chi connectivity index (χ0v) is 14.9. The smallest absolute Gasteiger partial charge is 0.410 e. The predicted molar refractivity (Wildman–Crippen MR) is 85.6 cm³/mol. The van der Waals surface area contributed by atoms with Crippen molar-refractivity contribution in [2.75, 3.05) is 19.7 Å². The van der Waals surface area contributed by atoms with Gasteiger partial charge in [-0.1, -0.05) is 28.1 Å². The van der Waals surface area contributed by atoms with Gasteiger partial charge in [-0.2, -0.15) is 8.78 Å². The third-order valence-electron chi connectivity index (χ3n) is 3.33. The van der Waals surface area contributed by atoms with Crippen molar-refractivity contribution in [1.82, 2.24) is 4.90 Å². The van der Waals surface area contributed by atoms with E-state index >= 15 is 0 Å². The number of nitrogens with zero attached hydrogens (tertiary/aromatic N) is 1. The van der Waals surface area contributed by atoms with Gasteiger partial charge < -0.3 is 14.4 Å². The van der Waals surface area contributed by atoms with E-state index in [1.165, 1.54) is 17.0 Å². The van der Waals surface area contributed by atoms with E-state index < -0.39 is 23.7 Å². The number of carbonyl (C=O) groups is 1. The lowest BCUT2D eigenvalue weighted by atomic mass is 10.0. The van der Waals surface area contributed by atoms with Crippen LogP contribution >= 0.6 is 15.9 Å². The van der Waals surface area contributed by atoms with Crippen LogP contribution in [0.1, 0.15) is 26.3 Å². The van der Waals surface area contributed by atoms with Gasteiger partial charge in [0.05, 0.1) is 13.2 Å². The van der Waals surface area contributed by atoms with Crippen LogP contribution in [0.3, 0.4) is 0 Å². The Hall–Kier alpha value is -1.21. The number of hydrogen-bond donors (Lipinski definition) is 0. The Morgan fingerprint density at radius 1 is 1.39 bits per heavy atom. The summed E-state index contributed by atoms with van der Waals surface area (Å²) in [7, 11) is 0. The van der Waals surface area contributed by atoms with E-state index in [2.05, 4.69) is 15.9 Å². The lowest BCUT2D eigenvalue weighted by molar-refractivity contribution is -0.170. The third kappa shape index (κ3) is 4.64. The van der Waals surface area contributed by atoms with E-state index in [1.54, 1.807) is 32.9 Å². The van der Waals surface area contributed by atoms with Gasteiger partial charge in [0, 0.05) is 16.6 Å². The summed E-state index contributed by atoms with van der Waals surface area (Å²) in [4.78, 5) is 13.3. The first-order valence-corrected chi connectivity index (χ1v) is 8.12. The summed E-state index contributed by atoms with van der Waals surface area (Å²) in [6.07, 6.45) is -2.01. The number of morpholine rings is 1. The summed E-state index contributed by atoms with van der Waals surface area (Å²) >= 11 is 3.19. The Morgan fingerprint density at radius 3 is 2.70 bits per heavy atom. The topological polar surface area (TPSA) is 38.8 Å². The Morgan fingerprint density at radius 2 is 2.09 bits per heavy atom. The number of benzene rings is 1. The molecule has 1 amide bonds. The van der Waals surface area contributed by atoms with E-state index in [1.807, 2.05) is 0 Å². The third-order valence-corrected chi connectivity index (χ3v) is 3.83. The van der Waals surface area contributed by atoms with Crippen molar-refractivity contribution in [3.05, 3.63) is 34.3 Å². The summed E-state index contributed by atoms with van der Waals surface area (Å²) in [6, 6.07) is 5.92. The van der Waals surface area contributed by atoms with Crippen LogP contribution in [0.4, 0.5) is 13.6 Å². The van der Waals surface area contributed by atoms with Crippen molar-refractivity contribution >= 4 is 22.0 Å². The van der Waals surface area contributed by atoms with E-state index in [9.17, 15) is 13.6 Å². The SMILES string of the molecule is CC(C)(C)OC(=O)N1CCOC(C(F)(F)c2cccc(Br)c2)C1. The van der Waals surface area contributed by atoms with Gasteiger partial charge in [0.1, 0.15) is 11.7 Å². The van der Waals surface area contributed by atoms with Crippen molar-refractivity contribution in [2.24, 2.45) is 0 Å². The van der Waals surface area contributed by atoms with Gasteiger partial charge in [-0.25, -0.2) is 4.79 Å². The molecule has 1 aromatic carbocycles. The van der Waals surface area contributed by atoms with Gasteiger partial charge in [0.15, 0.2) is 0 Å². The Kier molecular flexibility index (Phi) is 5.30. The lowest BCUT2D eigenvalue weighted by Gasteiger charge is -2.37. The molecule has 7 heteroatoms. The summed E-state index contributed by atoms with van der Waals surface area (Å²) in [5, 5.41) is 0. The quantitative estimate of drug-likeness (QED) is 0.758. The highest BCUT2D eigenvalue weighted by atomic mass is 79.9. The standard InChI is InChI=1S/C16H20BrF2NO3/c1-15(2,3)23-14(21)20-7-8-22-13(10-20)16(18,19)11-5-4-6-12(17)9-11/h4-6,9,13H,7-8,10H2,1-3H3. The second-order valence-electron chi connectivity index (χ2n) is 6.42. The van der Waals surface area contributed by atoms with E-state index in [0.29, 0.717) is 4.47 Å². The van der Waals surface area contributed by atoms with Crippen LogP contribution in [0.25, 0.3) is 0 Å². The normalized spacial score (nSPS) is 19.6. The number of carbonyl (C=O) groups excluding carboxylic acids is 1. The summed E-state index contributed by atoms with van der Waals surface area (Å²) in [5.41, 5.74) is -0.819. The molecule has 0 radical (unpaired) electrons. The van der Waals surface area contributed by atoms with Crippen molar-refractivity contribution in [3.63, 3.8) is 0 Å². The first-order valence-electron chi connectivity index (χ1n) is 7.33. The zero-order chi connectivity index (χ0) is 17.3. The number of hydrogen-bond acceptors (Lipinski definition) is 3. The fourth-order valence-electron chi connectivity index (χ4n) is 2.24. The molecule has 0 saturated carbocycles. The van der Waals surface area contributed by atoms with Crippen molar-refractivity contribution in [1.29, 1.82) is 0 Å². The summed E-state index contributed by atoms with van der Waals surface area (Å²) in [5.74, 6) is -3.20. The van der Waals surface area contributed by atoms with Crippen LogP contribution < -0.4 is 0 Å². The fourth-order valence-corrected chi connectivity index (χ4v) is 2.64. The molecule has 0 aliphatic carbocycles. The van der Waals surface area contributed by atoms with Crippen molar-refractivity contribution < 1.29 is 23.0 Å². The van der Waals surface area contributed by atoms with Crippen LogP contribution in [0.5, 0.6) is 0 Å². The number of ether oxygens (including phenoxy) is 2. The number of rotatable bonds is 2. The molecule has 1 saturated heterocycles. The number of alkyl halides is 2. The van der Waals surface area contributed by atoms with Crippen LogP contribution in [0, 0.1) is 0 Å². The van der Waals surface area contributed by atoms with Crippen molar-refractivity contribution in [3.8, 4) is 0 Å². The molecule has 1 aliphatic rings. The first-order chi connectivity index (χ1) is 10.6. The molecule has 1 aromatic rings. The monoisotopic (exact) mass is 391 g/mol. The molecule has 2 rings (SSSR count). The minimum Gasteiger partial charge on any atom is -0.444 e. The molecule has 0 spiro atoms. The van der Waals surface area contributed by atoms with Gasteiger partial charge >= 0.3 is 12.0 Å². The molecule has 0 N–H and O–H groups in total. The largest absolute Gasteiger partial charge is 0.444 e. The molecule has 128 valence electrons. The molecule has 1 unspecified atom stereocenters. The predicted octanol–water partition coefficient (Wildman–Crippen LogP) is 4.18. The molecule has 0 aromatic heterocycles. The van der Waals surface area contributed by atoms with Gasteiger partial charge in [0.25, 0.3) is 0 Å². The Labute approximate surface area is 142 Å². The molecular weight excluding hydrogens is 372 g/mol. The second kappa shape index (κ2) is 6.73. The van der Waals surface area contributed by atoms with Crippen LogP contribution in [0.2, 0.25) is 0 Å². The Balaban J connectivity index is 2.12. The molecule has 23 heavy (non-hydrogen) atoms. The zero-order valence-electron chi connectivity index (χ0n) is 13.3. The highest BCUT2D eigenvalue weighted by Gasteiger charge is 2.46. The molecule has 1 fully saturated rings. The number of amides is 1. The highest BCUT2D eigenvalue weighted by Crippen LogP contribution is 2.36. The maximum atomic E-state index is 14.7. The summed E-state index contributed by atoms with van der Waals surface area (Å²) < 4.78 is 40.4. The van der Waals surface area contributed by atoms with E-state index in [0.717, 1.165) is 0 Å². The highest BCUT2D eigenvalue weighted by molar-refractivity contribution is 9.10. The van der Waals surface area contributed by atoms with Gasteiger partial charge in [-0.3, -0.25) is 0 Å². The van der Waals surface area contributed by atoms with Crippen LogP contribution in [-0.2, 0) is 15.4 Å². The summed E-state index contributed by atoms with van der Waals surface area (Å²) in [6.45, 7) is 5.28. The van der Waals surface area contributed by atoms with E-state index in [-0.39, 0.29) is 25.3 Å². The van der Waals surface area contributed by atoms with Crippen LogP contribution in [0.15, 0.2) is 28.7 Å². The fraction of sp³-hybridized carbons (Fsp3) is 0.562. The molecule has 1 aliphatic heterocycles. The average molecular weight is 392 g/mol. The molecule has 1 atom stereocenters. The van der Waals surface area contributed by atoms with Gasteiger partial charge in [-0.05, 0) is 32.9 Å². The molecule has 4 nitrogen and oxygen atoms in total.